The summed E-state index contributed by atoms with van der Waals surface area (Å²) in [6, 6.07) is 17.4. The molecule has 1 fully saturated rings. The van der Waals surface area contributed by atoms with Gasteiger partial charge in [-0.1, -0.05) is 30.3 Å². The van der Waals surface area contributed by atoms with Gasteiger partial charge in [0, 0.05) is 0 Å². The van der Waals surface area contributed by atoms with E-state index in [1.54, 1.807) is 0 Å². The molecule has 2 unspecified atom stereocenters. The van der Waals surface area contributed by atoms with Gasteiger partial charge in [-0.25, -0.2) is 0 Å². The lowest BCUT2D eigenvalue weighted by atomic mass is 10.2. The molecule has 3 N–H and O–H groups in total. The first-order chi connectivity index (χ1) is 10.3. The van der Waals surface area contributed by atoms with Crippen molar-refractivity contribution in [3.63, 3.8) is 0 Å². The molecule has 1 heterocycles. The minimum absolute atomic E-state index is 0.0924. The Labute approximate surface area is 124 Å². The zero-order valence-corrected chi connectivity index (χ0v) is 11.8. The van der Waals surface area contributed by atoms with Crippen LogP contribution in [0.3, 0.4) is 0 Å². The van der Waals surface area contributed by atoms with Gasteiger partial charge in [-0.05, 0) is 43.7 Å². The maximum Gasteiger partial charge on any atom is 0.150 e. The minimum Gasteiger partial charge on any atom is -0.455 e. The summed E-state index contributed by atoms with van der Waals surface area (Å²) in [5.41, 5.74) is 0.794. The lowest BCUT2D eigenvalue weighted by molar-refractivity contribution is 0.162. The lowest BCUT2D eigenvalue weighted by Crippen LogP contribution is -2.40. The van der Waals surface area contributed by atoms with Crippen LogP contribution < -0.4 is 15.4 Å². The highest BCUT2D eigenvalue weighted by Crippen LogP contribution is 2.30. The zero-order valence-electron chi connectivity index (χ0n) is 11.8. The van der Waals surface area contributed by atoms with Gasteiger partial charge >= 0.3 is 0 Å². The molecule has 0 aromatic heterocycles. The smallest absolute Gasteiger partial charge is 0.150 e. The Morgan fingerprint density at radius 1 is 1.10 bits per heavy atom. The van der Waals surface area contributed by atoms with Gasteiger partial charge in [0.15, 0.2) is 5.75 Å². The second-order valence-electron chi connectivity index (χ2n) is 5.20. The molecule has 1 aliphatic rings. The molecule has 2 aromatic carbocycles. The Morgan fingerprint density at radius 2 is 1.86 bits per heavy atom. The van der Waals surface area contributed by atoms with Crippen LogP contribution in [0.1, 0.15) is 12.8 Å². The third-order valence-corrected chi connectivity index (χ3v) is 3.64. The number of benzene rings is 2. The average molecular weight is 284 g/mol. The van der Waals surface area contributed by atoms with Crippen molar-refractivity contribution in [2.24, 2.45) is 0 Å². The zero-order chi connectivity index (χ0) is 14.5. The van der Waals surface area contributed by atoms with E-state index in [-0.39, 0.29) is 6.04 Å². The van der Waals surface area contributed by atoms with Crippen molar-refractivity contribution < 1.29 is 9.84 Å². The Balaban J connectivity index is 1.73. The van der Waals surface area contributed by atoms with E-state index in [0.29, 0.717) is 5.75 Å². The number of hydrogen-bond acceptors (Lipinski definition) is 4. The Hall–Kier alpha value is -2.04. The van der Waals surface area contributed by atoms with Gasteiger partial charge in [-0.3, -0.25) is 0 Å². The largest absolute Gasteiger partial charge is 0.455 e. The van der Waals surface area contributed by atoms with Crippen molar-refractivity contribution in [1.82, 2.24) is 5.32 Å². The molecule has 2 atom stereocenters. The number of para-hydroxylation sites is 3. The molecule has 0 spiro atoms. The van der Waals surface area contributed by atoms with E-state index in [1.807, 2.05) is 54.6 Å². The van der Waals surface area contributed by atoms with E-state index < -0.39 is 6.23 Å². The molecule has 0 aliphatic carbocycles. The number of aliphatic hydroxyl groups is 1. The van der Waals surface area contributed by atoms with Crippen molar-refractivity contribution in [2.75, 3.05) is 11.9 Å². The number of aliphatic hydroxyl groups excluding tert-OH is 1. The first-order valence-electron chi connectivity index (χ1n) is 7.33. The van der Waals surface area contributed by atoms with Crippen LogP contribution in [0, 0.1) is 0 Å². The number of anilines is 1. The fraction of sp³-hybridized carbons (Fsp3) is 0.294. The van der Waals surface area contributed by atoms with Gasteiger partial charge in [0.1, 0.15) is 12.0 Å². The monoisotopic (exact) mass is 284 g/mol. The molecule has 1 aliphatic heterocycles. The van der Waals surface area contributed by atoms with Gasteiger partial charge in [0.05, 0.1) is 11.7 Å². The standard InChI is InChI=1S/C17H20N2O2/c20-17(15-10-6-12-18-15)19-14-9-4-5-11-16(14)21-13-7-2-1-3-8-13/h1-5,7-9,11,15,17-20H,6,10,12H2. The lowest BCUT2D eigenvalue weighted by Gasteiger charge is -2.22. The summed E-state index contributed by atoms with van der Waals surface area (Å²) in [5.74, 6) is 1.49. The van der Waals surface area contributed by atoms with Gasteiger partial charge in [-0.2, -0.15) is 0 Å². The van der Waals surface area contributed by atoms with Crippen LogP contribution in [0.4, 0.5) is 5.69 Å². The molecule has 4 heteroatoms. The maximum absolute atomic E-state index is 10.3. The molecule has 2 aromatic rings. The summed E-state index contributed by atoms with van der Waals surface area (Å²) >= 11 is 0. The molecule has 1 saturated heterocycles. The SMILES string of the molecule is OC(Nc1ccccc1Oc1ccccc1)C1CCCN1. The Kier molecular flexibility index (Phi) is 4.38. The molecular weight excluding hydrogens is 264 g/mol. The molecule has 110 valence electrons. The summed E-state index contributed by atoms with van der Waals surface area (Å²) in [4.78, 5) is 0. The van der Waals surface area contributed by atoms with Crippen LogP contribution >= 0.6 is 0 Å². The molecule has 0 amide bonds. The fourth-order valence-corrected chi connectivity index (χ4v) is 2.53. The molecule has 0 bridgehead atoms. The normalized spacial score (nSPS) is 19.2. The Morgan fingerprint density at radius 3 is 2.62 bits per heavy atom. The van der Waals surface area contributed by atoms with E-state index in [2.05, 4.69) is 10.6 Å². The van der Waals surface area contributed by atoms with Crippen molar-refractivity contribution in [3.05, 3.63) is 54.6 Å². The topological polar surface area (TPSA) is 53.5 Å². The van der Waals surface area contributed by atoms with E-state index in [4.69, 9.17) is 4.74 Å². The first-order valence-corrected chi connectivity index (χ1v) is 7.33. The second kappa shape index (κ2) is 6.61. The summed E-state index contributed by atoms with van der Waals surface area (Å²) in [7, 11) is 0. The predicted molar refractivity (Wildman–Crippen MR) is 83.6 cm³/mol. The van der Waals surface area contributed by atoms with Crippen molar-refractivity contribution in [3.8, 4) is 11.5 Å². The number of ether oxygens (including phenoxy) is 1. The first kappa shape index (κ1) is 13.9. The van der Waals surface area contributed by atoms with E-state index in [1.165, 1.54) is 0 Å². The average Bonchev–Trinajstić information content (AvgIpc) is 3.05. The highest BCUT2D eigenvalue weighted by molar-refractivity contribution is 5.57. The molecule has 0 radical (unpaired) electrons. The van der Waals surface area contributed by atoms with E-state index in [0.717, 1.165) is 30.8 Å². The summed E-state index contributed by atoms with van der Waals surface area (Å²) in [5, 5.41) is 16.7. The number of hydrogen-bond donors (Lipinski definition) is 3. The van der Waals surface area contributed by atoms with Crippen molar-refractivity contribution in [1.29, 1.82) is 0 Å². The molecular formula is C17H20N2O2. The highest BCUT2D eigenvalue weighted by Gasteiger charge is 2.23. The summed E-state index contributed by atoms with van der Waals surface area (Å²) < 4.78 is 5.88. The minimum atomic E-state index is -0.618. The van der Waals surface area contributed by atoms with Crippen LogP contribution in [-0.4, -0.2) is 23.9 Å². The van der Waals surface area contributed by atoms with Crippen LogP contribution in [0.25, 0.3) is 0 Å². The third kappa shape index (κ3) is 3.54. The maximum atomic E-state index is 10.3. The molecule has 3 rings (SSSR count). The summed E-state index contributed by atoms with van der Waals surface area (Å²) in [6.45, 7) is 0.964. The fourth-order valence-electron chi connectivity index (χ4n) is 2.53. The third-order valence-electron chi connectivity index (χ3n) is 3.64. The number of rotatable bonds is 5. The molecule has 21 heavy (non-hydrogen) atoms. The Bertz CT molecular complexity index is 568. The molecule has 4 nitrogen and oxygen atoms in total. The van der Waals surface area contributed by atoms with Crippen molar-refractivity contribution in [2.45, 2.75) is 25.1 Å². The quantitative estimate of drug-likeness (QED) is 0.739. The van der Waals surface area contributed by atoms with Crippen LogP contribution in [0.15, 0.2) is 54.6 Å². The summed E-state index contributed by atoms with van der Waals surface area (Å²) in [6.07, 6.45) is 1.47. The van der Waals surface area contributed by atoms with E-state index in [9.17, 15) is 5.11 Å². The second-order valence-corrected chi connectivity index (χ2v) is 5.20. The van der Waals surface area contributed by atoms with Gasteiger partial charge in [0.2, 0.25) is 0 Å². The van der Waals surface area contributed by atoms with E-state index >= 15 is 0 Å². The van der Waals surface area contributed by atoms with Gasteiger partial charge in [0.25, 0.3) is 0 Å². The van der Waals surface area contributed by atoms with Gasteiger partial charge in [-0.15, -0.1) is 0 Å². The van der Waals surface area contributed by atoms with Crippen molar-refractivity contribution >= 4 is 5.69 Å². The van der Waals surface area contributed by atoms with Crippen LogP contribution in [0.2, 0.25) is 0 Å². The molecule has 0 saturated carbocycles. The van der Waals surface area contributed by atoms with Crippen LogP contribution in [0.5, 0.6) is 11.5 Å². The van der Waals surface area contributed by atoms with Gasteiger partial charge < -0.3 is 20.5 Å². The van der Waals surface area contributed by atoms with Crippen LogP contribution in [-0.2, 0) is 0 Å². The number of nitrogens with one attached hydrogen (secondary N) is 2. The highest BCUT2D eigenvalue weighted by atomic mass is 16.5. The predicted octanol–water partition coefficient (Wildman–Crippen LogP) is 2.96.